The summed E-state index contributed by atoms with van der Waals surface area (Å²) in [4.78, 5) is 22.7. The number of hydrogen-bond acceptors (Lipinski definition) is 6. The predicted molar refractivity (Wildman–Crippen MR) is 95.0 cm³/mol. The highest BCUT2D eigenvalue weighted by Gasteiger charge is 2.21. The number of benzene rings is 1. The highest BCUT2D eigenvalue weighted by Crippen LogP contribution is 2.25. The van der Waals surface area contributed by atoms with Gasteiger partial charge in [0.25, 0.3) is 0 Å². The minimum absolute atomic E-state index is 0.241. The van der Waals surface area contributed by atoms with Crippen LogP contribution in [-0.2, 0) is 23.1 Å². The molecule has 25 heavy (non-hydrogen) atoms. The molecule has 0 N–H and O–H groups in total. The highest BCUT2D eigenvalue weighted by atomic mass is 16.5. The molecular formula is C18H21N5O2. The molecule has 7 nitrogen and oxygen atoms in total. The van der Waals surface area contributed by atoms with Crippen LogP contribution in [0.2, 0.25) is 0 Å². The Morgan fingerprint density at radius 1 is 1.28 bits per heavy atom. The van der Waals surface area contributed by atoms with Gasteiger partial charge in [-0.2, -0.15) is 5.10 Å². The summed E-state index contributed by atoms with van der Waals surface area (Å²) < 4.78 is 6.59. The van der Waals surface area contributed by atoms with Gasteiger partial charge in [0.2, 0.25) is 0 Å². The van der Waals surface area contributed by atoms with Crippen LogP contribution in [0.5, 0.6) is 0 Å². The van der Waals surface area contributed by atoms with Crippen molar-refractivity contribution in [3.63, 3.8) is 0 Å². The van der Waals surface area contributed by atoms with Crippen molar-refractivity contribution in [2.75, 3.05) is 18.6 Å². The molecule has 2 aromatic heterocycles. The molecular weight excluding hydrogens is 318 g/mol. The fourth-order valence-corrected chi connectivity index (χ4v) is 2.84. The van der Waals surface area contributed by atoms with E-state index in [2.05, 4.69) is 32.1 Å². The van der Waals surface area contributed by atoms with Gasteiger partial charge in [-0.05, 0) is 5.56 Å². The Morgan fingerprint density at radius 2 is 2.04 bits per heavy atom. The molecule has 0 unspecified atom stereocenters. The van der Waals surface area contributed by atoms with Crippen LogP contribution in [0.25, 0.3) is 11.0 Å². The number of fused-ring (bicyclic) bond motifs is 1. The van der Waals surface area contributed by atoms with Crippen LogP contribution in [0.15, 0.2) is 42.9 Å². The maximum absolute atomic E-state index is 11.9. The van der Waals surface area contributed by atoms with Crippen molar-refractivity contribution in [3.05, 3.63) is 48.4 Å². The van der Waals surface area contributed by atoms with Gasteiger partial charge in [0.15, 0.2) is 5.65 Å². The summed E-state index contributed by atoms with van der Waals surface area (Å²) in [6.45, 7) is 2.97. The van der Waals surface area contributed by atoms with Crippen molar-refractivity contribution in [2.24, 2.45) is 13.0 Å². The number of ether oxygens (including phenoxy) is 1. The van der Waals surface area contributed by atoms with E-state index in [4.69, 9.17) is 4.74 Å². The topological polar surface area (TPSA) is 73.1 Å². The van der Waals surface area contributed by atoms with Crippen molar-refractivity contribution in [1.29, 1.82) is 0 Å². The quantitative estimate of drug-likeness (QED) is 0.641. The lowest BCUT2D eigenvalue weighted by molar-refractivity contribution is -0.144. The van der Waals surface area contributed by atoms with Gasteiger partial charge in [0.05, 0.1) is 24.6 Å². The Kier molecular flexibility index (Phi) is 4.92. The van der Waals surface area contributed by atoms with E-state index in [1.54, 1.807) is 10.9 Å². The number of carbonyl (C=O) groups excluding carboxylic acids is 1. The summed E-state index contributed by atoms with van der Waals surface area (Å²) in [5.74, 6) is 0.239. The second-order valence-corrected chi connectivity index (χ2v) is 5.99. The summed E-state index contributed by atoms with van der Waals surface area (Å²) in [7, 11) is 3.25. The summed E-state index contributed by atoms with van der Waals surface area (Å²) in [6, 6.07) is 10.1. The zero-order valence-electron chi connectivity index (χ0n) is 14.6. The molecule has 3 aromatic rings. The zero-order chi connectivity index (χ0) is 17.8. The number of methoxy groups -OCH3 is 1. The van der Waals surface area contributed by atoms with Gasteiger partial charge in [-0.25, -0.2) is 9.97 Å². The van der Waals surface area contributed by atoms with Crippen LogP contribution in [0.1, 0.15) is 12.5 Å². The summed E-state index contributed by atoms with van der Waals surface area (Å²) in [6.07, 6.45) is 3.28. The Hall–Kier alpha value is -2.96. The average molecular weight is 339 g/mol. The largest absolute Gasteiger partial charge is 0.469 e. The molecule has 0 aliphatic carbocycles. The molecule has 1 aromatic carbocycles. The number of aryl methyl sites for hydroxylation is 1. The maximum atomic E-state index is 11.9. The van der Waals surface area contributed by atoms with Crippen molar-refractivity contribution in [1.82, 2.24) is 19.7 Å². The van der Waals surface area contributed by atoms with Crippen molar-refractivity contribution < 1.29 is 9.53 Å². The van der Waals surface area contributed by atoms with Crippen LogP contribution in [0.3, 0.4) is 0 Å². The van der Waals surface area contributed by atoms with Gasteiger partial charge in [-0.3, -0.25) is 9.48 Å². The summed E-state index contributed by atoms with van der Waals surface area (Å²) in [5.41, 5.74) is 1.89. The summed E-state index contributed by atoms with van der Waals surface area (Å²) in [5, 5.41) is 5.13. The Bertz CT molecular complexity index is 862. The second kappa shape index (κ2) is 7.29. The smallest absolute Gasteiger partial charge is 0.310 e. The van der Waals surface area contributed by atoms with Crippen molar-refractivity contribution >= 4 is 22.8 Å². The first-order chi connectivity index (χ1) is 12.1. The number of anilines is 1. The van der Waals surface area contributed by atoms with Gasteiger partial charge in [0, 0.05) is 20.1 Å². The molecule has 0 spiro atoms. The fourth-order valence-electron chi connectivity index (χ4n) is 2.84. The van der Waals surface area contributed by atoms with Gasteiger partial charge in [0.1, 0.15) is 12.1 Å². The normalized spacial score (nSPS) is 12.1. The van der Waals surface area contributed by atoms with Crippen molar-refractivity contribution in [2.45, 2.75) is 13.5 Å². The van der Waals surface area contributed by atoms with E-state index in [0.717, 1.165) is 22.4 Å². The van der Waals surface area contributed by atoms with Gasteiger partial charge in [-0.1, -0.05) is 37.3 Å². The molecule has 3 rings (SSSR count). The number of carbonyl (C=O) groups is 1. The number of esters is 1. The predicted octanol–water partition coefficient (Wildman–Crippen LogP) is 2.18. The molecule has 130 valence electrons. The molecule has 0 aliphatic rings. The molecule has 0 saturated heterocycles. The third-order valence-electron chi connectivity index (χ3n) is 4.12. The second-order valence-electron chi connectivity index (χ2n) is 5.99. The lowest BCUT2D eigenvalue weighted by atomic mass is 10.1. The van der Waals surface area contributed by atoms with Crippen LogP contribution < -0.4 is 4.90 Å². The zero-order valence-corrected chi connectivity index (χ0v) is 14.6. The lowest BCUT2D eigenvalue weighted by Crippen LogP contribution is -2.32. The van der Waals surface area contributed by atoms with E-state index in [0.29, 0.717) is 13.1 Å². The minimum Gasteiger partial charge on any atom is -0.469 e. The molecule has 1 atom stereocenters. The van der Waals surface area contributed by atoms with Crippen LogP contribution in [0.4, 0.5) is 5.82 Å². The van der Waals surface area contributed by atoms with Crippen LogP contribution >= 0.6 is 0 Å². The van der Waals surface area contributed by atoms with Crippen LogP contribution in [-0.4, -0.2) is 39.4 Å². The first-order valence-corrected chi connectivity index (χ1v) is 8.09. The van der Waals surface area contributed by atoms with E-state index in [1.807, 2.05) is 32.2 Å². The van der Waals surface area contributed by atoms with E-state index < -0.39 is 0 Å². The van der Waals surface area contributed by atoms with E-state index in [1.165, 1.54) is 13.4 Å². The van der Waals surface area contributed by atoms with E-state index in [9.17, 15) is 4.79 Å². The number of aromatic nitrogens is 4. The lowest BCUT2D eigenvalue weighted by Gasteiger charge is -2.26. The van der Waals surface area contributed by atoms with Crippen molar-refractivity contribution in [3.8, 4) is 0 Å². The molecule has 0 radical (unpaired) electrons. The Balaban J connectivity index is 1.98. The molecule has 2 heterocycles. The minimum atomic E-state index is -0.282. The van der Waals surface area contributed by atoms with Gasteiger partial charge in [-0.15, -0.1) is 0 Å². The highest BCUT2D eigenvalue weighted by molar-refractivity contribution is 5.87. The molecule has 0 saturated carbocycles. The molecule has 0 amide bonds. The monoisotopic (exact) mass is 339 g/mol. The number of hydrogen-bond donors (Lipinski definition) is 0. The Labute approximate surface area is 146 Å². The number of rotatable bonds is 6. The first kappa shape index (κ1) is 16.9. The third kappa shape index (κ3) is 3.60. The fraction of sp³-hybridized carbons (Fsp3) is 0.333. The standard InChI is InChI=1S/C18H21N5O2/c1-13(18(24)25-3)10-23(11-14-7-5-4-6-8-14)17-15-9-21-22(2)16(15)19-12-20-17/h4-9,12-13H,10-11H2,1-3H3/t13-/m0/s1. The maximum Gasteiger partial charge on any atom is 0.310 e. The summed E-state index contributed by atoms with van der Waals surface area (Å²) >= 11 is 0. The molecule has 7 heteroatoms. The van der Waals surface area contributed by atoms with Crippen LogP contribution in [0, 0.1) is 5.92 Å². The number of nitrogens with zero attached hydrogens (tertiary/aromatic N) is 5. The average Bonchev–Trinajstić information content (AvgIpc) is 3.02. The third-order valence-corrected chi connectivity index (χ3v) is 4.12. The Morgan fingerprint density at radius 3 is 2.76 bits per heavy atom. The van der Waals surface area contributed by atoms with E-state index >= 15 is 0 Å². The van der Waals surface area contributed by atoms with Gasteiger partial charge < -0.3 is 9.64 Å². The molecule has 0 aliphatic heterocycles. The van der Waals surface area contributed by atoms with Gasteiger partial charge >= 0.3 is 5.97 Å². The molecule has 0 fully saturated rings. The molecule has 0 bridgehead atoms. The first-order valence-electron chi connectivity index (χ1n) is 8.09. The SMILES string of the molecule is COC(=O)[C@@H](C)CN(Cc1ccccc1)c1ncnc2c1cnn2C. The van der Waals surface area contributed by atoms with E-state index in [-0.39, 0.29) is 11.9 Å².